The van der Waals surface area contributed by atoms with E-state index >= 15 is 0 Å². The van der Waals surface area contributed by atoms with Crippen LogP contribution < -0.4 is 4.74 Å². The summed E-state index contributed by atoms with van der Waals surface area (Å²) < 4.78 is 15.5. The zero-order chi connectivity index (χ0) is 21.5. The van der Waals surface area contributed by atoms with E-state index in [1.807, 2.05) is 42.5 Å². The average molecular weight is 403 g/mol. The maximum Gasteiger partial charge on any atom is 0.349 e. The molecule has 7 nitrogen and oxygen atoms in total. The van der Waals surface area contributed by atoms with Crippen LogP contribution in [0, 0.1) is 11.3 Å². The Kier molecular flexibility index (Phi) is 6.60. The van der Waals surface area contributed by atoms with E-state index in [1.165, 1.54) is 11.6 Å². The number of aromatic nitrogens is 2. The molecule has 3 aromatic rings. The molecule has 0 atom stereocenters. The van der Waals surface area contributed by atoms with Crippen molar-refractivity contribution in [2.24, 2.45) is 0 Å². The molecule has 0 amide bonds. The van der Waals surface area contributed by atoms with Crippen molar-refractivity contribution in [3.05, 3.63) is 71.1 Å². The van der Waals surface area contributed by atoms with Crippen LogP contribution in [0.1, 0.15) is 36.8 Å². The molecule has 1 aromatic heterocycles. The van der Waals surface area contributed by atoms with Gasteiger partial charge in [-0.25, -0.2) is 4.79 Å². The molecule has 0 aliphatic rings. The summed E-state index contributed by atoms with van der Waals surface area (Å²) in [4.78, 5) is 16.5. The van der Waals surface area contributed by atoms with Crippen LogP contribution in [-0.2, 0) is 16.1 Å². The van der Waals surface area contributed by atoms with Crippen molar-refractivity contribution in [2.45, 2.75) is 26.4 Å². The quantitative estimate of drug-likeness (QED) is 0.325. The summed E-state index contributed by atoms with van der Waals surface area (Å²) in [5.74, 6) is 0.780. The van der Waals surface area contributed by atoms with E-state index in [0.29, 0.717) is 23.1 Å². The molecule has 0 radical (unpaired) electrons. The Balaban J connectivity index is 1.65. The van der Waals surface area contributed by atoms with Gasteiger partial charge in [-0.1, -0.05) is 55.4 Å². The van der Waals surface area contributed by atoms with Crippen molar-refractivity contribution < 1.29 is 18.8 Å². The summed E-state index contributed by atoms with van der Waals surface area (Å²) in [5, 5.41) is 13.2. The number of benzene rings is 2. The Morgan fingerprint density at radius 3 is 2.67 bits per heavy atom. The van der Waals surface area contributed by atoms with Gasteiger partial charge in [0.05, 0.1) is 7.11 Å². The molecule has 3 rings (SSSR count). The van der Waals surface area contributed by atoms with Gasteiger partial charge < -0.3 is 14.0 Å². The van der Waals surface area contributed by atoms with Gasteiger partial charge in [0.15, 0.2) is 6.61 Å². The molecule has 7 heteroatoms. The Hall–Kier alpha value is -3.92. The normalized spacial score (nSPS) is 11.2. The Bertz CT molecular complexity index is 1090. The fraction of sp³-hybridized carbons (Fsp3) is 0.217. The molecule has 0 spiro atoms. The third kappa shape index (κ3) is 5.11. The van der Waals surface area contributed by atoms with Gasteiger partial charge in [0.25, 0.3) is 5.89 Å². The zero-order valence-electron chi connectivity index (χ0n) is 17.0. The standard InChI is InChI=1S/C23H21N3O4/c1-15(2)17-9-7-16(8-10-17)11-19(13-24)23(27)29-14-21-25-22(26-30-21)18-5-4-6-20(12-18)28-3/h4-12,15H,14H2,1-3H3/b19-11+. The van der Waals surface area contributed by atoms with Gasteiger partial charge in [-0.3, -0.25) is 0 Å². The van der Waals surface area contributed by atoms with Gasteiger partial charge in [-0.15, -0.1) is 0 Å². The fourth-order valence-corrected chi connectivity index (χ4v) is 2.68. The molecular formula is C23H21N3O4. The van der Waals surface area contributed by atoms with Crippen molar-refractivity contribution in [1.82, 2.24) is 10.1 Å². The lowest BCUT2D eigenvalue weighted by Gasteiger charge is -2.05. The lowest BCUT2D eigenvalue weighted by atomic mass is 10.0. The molecule has 0 N–H and O–H groups in total. The van der Waals surface area contributed by atoms with E-state index in [4.69, 9.17) is 14.0 Å². The smallest absolute Gasteiger partial charge is 0.349 e. The Labute approximate surface area is 174 Å². The van der Waals surface area contributed by atoms with Crippen LogP contribution in [0.4, 0.5) is 0 Å². The number of nitriles is 1. The van der Waals surface area contributed by atoms with Crippen LogP contribution in [0.5, 0.6) is 5.75 Å². The lowest BCUT2D eigenvalue weighted by Crippen LogP contribution is -2.07. The molecule has 0 aliphatic carbocycles. The van der Waals surface area contributed by atoms with Gasteiger partial charge in [-0.2, -0.15) is 10.2 Å². The highest BCUT2D eigenvalue weighted by Gasteiger charge is 2.15. The second-order valence-corrected chi connectivity index (χ2v) is 6.81. The molecule has 0 saturated heterocycles. The Morgan fingerprint density at radius 1 is 1.23 bits per heavy atom. The van der Waals surface area contributed by atoms with Gasteiger partial charge >= 0.3 is 5.97 Å². The van der Waals surface area contributed by atoms with E-state index in [0.717, 1.165) is 5.56 Å². The minimum absolute atomic E-state index is 0.111. The second-order valence-electron chi connectivity index (χ2n) is 6.81. The van der Waals surface area contributed by atoms with Crippen LogP contribution in [0.25, 0.3) is 17.5 Å². The van der Waals surface area contributed by atoms with Crippen molar-refractivity contribution in [3.8, 4) is 23.2 Å². The van der Waals surface area contributed by atoms with Crippen molar-refractivity contribution >= 4 is 12.0 Å². The highest BCUT2D eigenvalue weighted by atomic mass is 16.6. The fourth-order valence-electron chi connectivity index (χ4n) is 2.68. The van der Waals surface area contributed by atoms with Crippen molar-refractivity contribution in [1.29, 1.82) is 5.26 Å². The van der Waals surface area contributed by atoms with E-state index in [-0.39, 0.29) is 18.1 Å². The van der Waals surface area contributed by atoms with Crippen LogP contribution >= 0.6 is 0 Å². The molecule has 0 aliphatic heterocycles. The predicted molar refractivity (Wildman–Crippen MR) is 110 cm³/mol. The van der Waals surface area contributed by atoms with E-state index in [1.54, 1.807) is 19.2 Å². The van der Waals surface area contributed by atoms with Gasteiger partial charge in [-0.05, 0) is 35.3 Å². The average Bonchev–Trinajstić information content (AvgIpc) is 3.25. The third-order valence-corrected chi connectivity index (χ3v) is 4.38. The summed E-state index contributed by atoms with van der Waals surface area (Å²) in [5.41, 5.74) is 2.51. The number of hydrogen-bond donors (Lipinski definition) is 0. The molecular weight excluding hydrogens is 382 g/mol. The highest BCUT2D eigenvalue weighted by molar-refractivity contribution is 5.97. The maximum absolute atomic E-state index is 12.3. The molecule has 2 aromatic carbocycles. The largest absolute Gasteiger partial charge is 0.497 e. The molecule has 0 saturated carbocycles. The first-order valence-electron chi connectivity index (χ1n) is 9.36. The number of rotatable bonds is 7. The van der Waals surface area contributed by atoms with E-state index in [9.17, 15) is 10.1 Å². The summed E-state index contributed by atoms with van der Waals surface area (Å²) in [6.45, 7) is 3.96. The van der Waals surface area contributed by atoms with Crippen LogP contribution in [0.15, 0.2) is 58.6 Å². The molecule has 0 fully saturated rings. The number of carbonyl (C=O) groups is 1. The number of ether oxygens (including phenoxy) is 2. The molecule has 0 bridgehead atoms. The SMILES string of the molecule is COc1cccc(-c2noc(COC(=O)/C(C#N)=C/c3ccc(C(C)C)cc3)n2)c1. The third-order valence-electron chi connectivity index (χ3n) is 4.38. The summed E-state index contributed by atoms with van der Waals surface area (Å²) in [7, 11) is 1.57. The first-order valence-corrected chi connectivity index (χ1v) is 9.36. The number of carbonyl (C=O) groups excluding carboxylic acids is 1. The van der Waals surface area contributed by atoms with Crippen molar-refractivity contribution in [2.75, 3.05) is 7.11 Å². The highest BCUT2D eigenvalue weighted by Crippen LogP contribution is 2.21. The minimum Gasteiger partial charge on any atom is -0.497 e. The number of esters is 1. The summed E-state index contributed by atoms with van der Waals surface area (Å²) in [6.07, 6.45) is 1.49. The second kappa shape index (κ2) is 9.52. The van der Waals surface area contributed by atoms with Crippen LogP contribution in [0.3, 0.4) is 0 Å². The van der Waals surface area contributed by atoms with E-state index in [2.05, 4.69) is 24.0 Å². The predicted octanol–water partition coefficient (Wildman–Crippen LogP) is 4.52. The Morgan fingerprint density at radius 2 is 2.00 bits per heavy atom. The zero-order valence-corrected chi connectivity index (χ0v) is 17.0. The topological polar surface area (TPSA) is 98.2 Å². The summed E-state index contributed by atoms with van der Waals surface area (Å²) >= 11 is 0. The molecule has 0 unspecified atom stereocenters. The minimum atomic E-state index is -0.758. The maximum atomic E-state index is 12.3. The first kappa shape index (κ1) is 20.8. The van der Waals surface area contributed by atoms with Gasteiger partial charge in [0, 0.05) is 5.56 Å². The number of nitrogens with zero attached hydrogens (tertiary/aromatic N) is 3. The van der Waals surface area contributed by atoms with Crippen LogP contribution in [0.2, 0.25) is 0 Å². The van der Waals surface area contributed by atoms with E-state index < -0.39 is 5.97 Å². The number of hydrogen-bond acceptors (Lipinski definition) is 7. The lowest BCUT2D eigenvalue weighted by molar-refractivity contribution is -0.140. The first-order chi connectivity index (χ1) is 14.5. The van der Waals surface area contributed by atoms with Crippen molar-refractivity contribution in [3.63, 3.8) is 0 Å². The van der Waals surface area contributed by atoms with Gasteiger partial charge in [0.1, 0.15) is 17.4 Å². The monoisotopic (exact) mass is 403 g/mol. The number of methoxy groups -OCH3 is 1. The molecule has 30 heavy (non-hydrogen) atoms. The van der Waals surface area contributed by atoms with Gasteiger partial charge in [0.2, 0.25) is 5.82 Å². The van der Waals surface area contributed by atoms with Crippen LogP contribution in [-0.4, -0.2) is 23.2 Å². The molecule has 152 valence electrons. The molecule has 1 heterocycles. The summed E-state index contributed by atoms with van der Waals surface area (Å²) in [6, 6.07) is 16.7.